The molecule has 39 heavy (non-hydrogen) atoms. The lowest BCUT2D eigenvalue weighted by Gasteiger charge is -2.32. The Balaban J connectivity index is 1.58. The molecule has 0 bridgehead atoms. The van der Waals surface area contributed by atoms with Crippen LogP contribution in [0.5, 0.6) is 5.75 Å². The Morgan fingerprint density at radius 1 is 1.23 bits per heavy atom. The normalized spacial score (nSPS) is 14.8. The predicted octanol–water partition coefficient (Wildman–Crippen LogP) is 2.29. The highest BCUT2D eigenvalue weighted by atomic mass is 16.5. The van der Waals surface area contributed by atoms with Crippen LogP contribution in [0.15, 0.2) is 43.4 Å². The standard InChI is InChI=1S/C26H31N9O4/c1-5-21(36)34-8-6-7-18(14-34)35-13-17(11-30-35)31-26-29-12-19(23(27)37)24(33-26)32-22-15(2)9-16(25(38)28-3)10-20(22)39-4/h5,9-13,18H,1,6-8,14H2,2-4H3,(H2,27,37)(H,28,38)(H2,29,31,32,33)/t18-/m1/s1. The minimum Gasteiger partial charge on any atom is -0.495 e. The van der Waals surface area contributed by atoms with Crippen LogP contribution in [0.2, 0.25) is 0 Å². The Morgan fingerprint density at radius 2 is 2.03 bits per heavy atom. The van der Waals surface area contributed by atoms with E-state index in [2.05, 4.69) is 37.6 Å². The lowest BCUT2D eigenvalue weighted by molar-refractivity contribution is -0.127. The number of carbonyl (C=O) groups excluding carboxylic acids is 3. The van der Waals surface area contributed by atoms with Crippen LogP contribution in [0.25, 0.3) is 0 Å². The van der Waals surface area contributed by atoms with Crippen LogP contribution in [-0.2, 0) is 4.79 Å². The second-order valence-corrected chi connectivity index (χ2v) is 9.01. The molecule has 5 N–H and O–H groups in total. The lowest BCUT2D eigenvalue weighted by Crippen LogP contribution is -2.39. The first-order valence-electron chi connectivity index (χ1n) is 12.3. The van der Waals surface area contributed by atoms with Gasteiger partial charge < -0.3 is 31.3 Å². The number of nitrogens with two attached hydrogens (primary N) is 1. The van der Waals surface area contributed by atoms with Gasteiger partial charge in [0.2, 0.25) is 11.9 Å². The van der Waals surface area contributed by atoms with Crippen LogP contribution >= 0.6 is 0 Å². The van der Waals surface area contributed by atoms with E-state index >= 15 is 0 Å². The number of ether oxygens (including phenoxy) is 1. The zero-order valence-electron chi connectivity index (χ0n) is 22.0. The second-order valence-electron chi connectivity index (χ2n) is 9.01. The number of methoxy groups -OCH3 is 1. The molecule has 3 heterocycles. The summed E-state index contributed by atoms with van der Waals surface area (Å²) >= 11 is 0. The van der Waals surface area contributed by atoms with Crippen molar-refractivity contribution in [3.63, 3.8) is 0 Å². The van der Waals surface area contributed by atoms with Gasteiger partial charge in [-0.2, -0.15) is 10.1 Å². The molecule has 204 valence electrons. The number of rotatable bonds is 9. The largest absolute Gasteiger partial charge is 0.495 e. The number of aryl methyl sites for hydroxylation is 1. The number of hydrogen-bond donors (Lipinski definition) is 4. The molecule has 1 aliphatic rings. The molecule has 3 amide bonds. The van der Waals surface area contributed by atoms with Crippen LogP contribution in [0, 0.1) is 6.92 Å². The molecule has 1 aromatic carbocycles. The molecule has 4 rings (SSSR count). The van der Waals surface area contributed by atoms with Crippen molar-refractivity contribution in [1.29, 1.82) is 0 Å². The molecule has 1 fully saturated rings. The molecule has 1 aliphatic heterocycles. The second kappa shape index (κ2) is 11.6. The smallest absolute Gasteiger partial charge is 0.254 e. The fourth-order valence-electron chi connectivity index (χ4n) is 4.42. The number of nitrogens with zero attached hydrogens (tertiary/aromatic N) is 5. The van der Waals surface area contributed by atoms with Gasteiger partial charge in [-0.15, -0.1) is 0 Å². The van der Waals surface area contributed by atoms with E-state index in [0.29, 0.717) is 41.3 Å². The molecule has 0 unspecified atom stereocenters. The van der Waals surface area contributed by atoms with Crippen LogP contribution in [0.1, 0.15) is 45.2 Å². The Hall–Kier alpha value is -4.94. The summed E-state index contributed by atoms with van der Waals surface area (Å²) in [5.41, 5.74) is 7.90. The van der Waals surface area contributed by atoms with Gasteiger partial charge in [0, 0.05) is 38.1 Å². The summed E-state index contributed by atoms with van der Waals surface area (Å²) in [7, 11) is 3.02. The van der Waals surface area contributed by atoms with Crippen LogP contribution < -0.4 is 26.4 Å². The van der Waals surface area contributed by atoms with Gasteiger partial charge in [0.05, 0.1) is 30.7 Å². The van der Waals surface area contributed by atoms with Gasteiger partial charge >= 0.3 is 0 Å². The zero-order chi connectivity index (χ0) is 28.1. The molecule has 1 atom stereocenters. The number of nitrogens with one attached hydrogen (secondary N) is 3. The quantitative estimate of drug-likeness (QED) is 0.301. The van der Waals surface area contributed by atoms with Crippen molar-refractivity contribution in [2.75, 3.05) is 37.9 Å². The monoisotopic (exact) mass is 533 g/mol. The molecular formula is C26H31N9O4. The van der Waals surface area contributed by atoms with Crippen molar-refractivity contribution in [3.8, 4) is 5.75 Å². The highest BCUT2D eigenvalue weighted by Gasteiger charge is 2.24. The maximum atomic E-state index is 12.1. The molecule has 1 saturated heterocycles. The third kappa shape index (κ3) is 5.98. The van der Waals surface area contributed by atoms with E-state index in [1.165, 1.54) is 19.4 Å². The maximum Gasteiger partial charge on any atom is 0.254 e. The van der Waals surface area contributed by atoms with E-state index < -0.39 is 5.91 Å². The van der Waals surface area contributed by atoms with Gasteiger partial charge in [0.1, 0.15) is 17.1 Å². The summed E-state index contributed by atoms with van der Waals surface area (Å²) in [5.74, 6) is -0.326. The first kappa shape index (κ1) is 27.1. The minimum atomic E-state index is -0.716. The Kier molecular flexibility index (Phi) is 8.08. The average Bonchev–Trinajstić information content (AvgIpc) is 3.41. The lowest BCUT2D eigenvalue weighted by atomic mass is 10.1. The summed E-state index contributed by atoms with van der Waals surface area (Å²) in [6, 6.07) is 3.31. The number of likely N-dealkylation sites (tertiary alicyclic amines) is 1. The summed E-state index contributed by atoms with van der Waals surface area (Å²) in [6.45, 7) is 6.61. The molecule has 0 spiro atoms. The molecule has 13 nitrogen and oxygen atoms in total. The topological polar surface area (TPSA) is 169 Å². The van der Waals surface area contributed by atoms with Crippen molar-refractivity contribution in [3.05, 3.63) is 60.1 Å². The highest BCUT2D eigenvalue weighted by molar-refractivity contribution is 5.99. The van der Waals surface area contributed by atoms with Gasteiger partial charge in [-0.3, -0.25) is 19.1 Å². The Labute approximate surface area is 225 Å². The highest BCUT2D eigenvalue weighted by Crippen LogP contribution is 2.33. The van der Waals surface area contributed by atoms with E-state index in [9.17, 15) is 14.4 Å². The summed E-state index contributed by atoms with van der Waals surface area (Å²) in [5, 5.41) is 13.2. The van der Waals surface area contributed by atoms with Crippen LogP contribution in [0.4, 0.5) is 23.1 Å². The molecule has 3 aromatic rings. The summed E-state index contributed by atoms with van der Waals surface area (Å²) < 4.78 is 7.30. The number of piperidine rings is 1. The summed E-state index contributed by atoms with van der Waals surface area (Å²) in [4.78, 5) is 46.7. The molecule has 13 heteroatoms. The molecule has 2 aromatic heterocycles. The van der Waals surface area contributed by atoms with Gasteiger partial charge in [0.25, 0.3) is 11.8 Å². The fraction of sp³-hybridized carbons (Fsp3) is 0.308. The maximum absolute atomic E-state index is 12.1. The molecular weight excluding hydrogens is 502 g/mol. The predicted molar refractivity (Wildman–Crippen MR) is 146 cm³/mol. The van der Waals surface area contributed by atoms with Crippen LogP contribution in [0.3, 0.4) is 0 Å². The van der Waals surface area contributed by atoms with E-state index in [4.69, 9.17) is 10.5 Å². The van der Waals surface area contributed by atoms with E-state index in [-0.39, 0.29) is 35.2 Å². The Morgan fingerprint density at radius 3 is 2.72 bits per heavy atom. The van der Waals surface area contributed by atoms with Crippen molar-refractivity contribution in [1.82, 2.24) is 30.0 Å². The van der Waals surface area contributed by atoms with Crippen molar-refractivity contribution in [2.45, 2.75) is 25.8 Å². The third-order valence-corrected chi connectivity index (χ3v) is 6.42. The molecule has 0 saturated carbocycles. The van der Waals surface area contributed by atoms with Gasteiger partial charge in [0.15, 0.2) is 0 Å². The van der Waals surface area contributed by atoms with Gasteiger partial charge in [-0.25, -0.2) is 4.98 Å². The minimum absolute atomic E-state index is 0.0294. The van der Waals surface area contributed by atoms with Crippen LogP contribution in [-0.4, -0.2) is 69.6 Å². The fourth-order valence-corrected chi connectivity index (χ4v) is 4.42. The van der Waals surface area contributed by atoms with Gasteiger partial charge in [-0.1, -0.05) is 6.58 Å². The summed E-state index contributed by atoms with van der Waals surface area (Å²) in [6.07, 6.45) is 7.86. The Bertz CT molecular complexity index is 1420. The van der Waals surface area contributed by atoms with Gasteiger partial charge in [-0.05, 0) is 43.5 Å². The number of primary amides is 1. The average molecular weight is 534 g/mol. The first-order chi connectivity index (χ1) is 18.7. The number of benzene rings is 1. The van der Waals surface area contributed by atoms with Crippen molar-refractivity contribution >= 4 is 40.9 Å². The third-order valence-electron chi connectivity index (χ3n) is 6.42. The van der Waals surface area contributed by atoms with Crippen molar-refractivity contribution < 1.29 is 19.1 Å². The number of aromatic nitrogens is 4. The number of carbonyl (C=O) groups is 3. The number of amides is 3. The zero-order valence-corrected chi connectivity index (χ0v) is 22.0. The van der Waals surface area contributed by atoms with E-state index in [0.717, 1.165) is 12.8 Å². The molecule has 0 radical (unpaired) electrons. The van der Waals surface area contributed by atoms with E-state index in [1.54, 1.807) is 37.2 Å². The molecule has 0 aliphatic carbocycles. The van der Waals surface area contributed by atoms with Crippen molar-refractivity contribution in [2.24, 2.45) is 5.73 Å². The number of hydrogen-bond acceptors (Lipinski definition) is 9. The first-order valence-corrected chi connectivity index (χ1v) is 12.3. The number of anilines is 4. The van der Waals surface area contributed by atoms with E-state index in [1.807, 2.05) is 10.9 Å². The SMILES string of the molecule is C=CC(=O)N1CCC[C@@H](n2cc(Nc3ncc(C(N)=O)c(Nc4c(C)cc(C(=O)NC)cc4OC)n3)cn2)C1.